The molecule has 0 bridgehead atoms. The molecule has 0 unspecified atom stereocenters. The van der Waals surface area contributed by atoms with Crippen molar-refractivity contribution in [3.63, 3.8) is 0 Å². The highest BCUT2D eigenvalue weighted by Gasteiger charge is 2.25. The molecule has 32 heavy (non-hydrogen) atoms. The fraction of sp³-hybridized carbons (Fsp3) is 0.458. The van der Waals surface area contributed by atoms with E-state index in [4.69, 9.17) is 4.84 Å². The molecule has 0 radical (unpaired) electrons. The minimum absolute atomic E-state index is 0.193. The summed E-state index contributed by atoms with van der Waals surface area (Å²) in [6, 6.07) is 9.87. The summed E-state index contributed by atoms with van der Waals surface area (Å²) in [6.07, 6.45) is 3.41. The number of nitrogens with zero attached hydrogens (tertiary/aromatic N) is 3. The maximum atomic E-state index is 12.6. The van der Waals surface area contributed by atoms with Crippen LogP contribution in [0.2, 0.25) is 0 Å². The van der Waals surface area contributed by atoms with Crippen LogP contribution in [0.5, 0.6) is 0 Å². The highest BCUT2D eigenvalue weighted by atomic mass is 79.9. The third kappa shape index (κ3) is 6.07. The van der Waals surface area contributed by atoms with Crippen LogP contribution in [0.3, 0.4) is 0 Å². The first-order valence-electron chi connectivity index (χ1n) is 11.1. The highest BCUT2D eigenvalue weighted by Crippen LogP contribution is 2.24. The molecule has 1 saturated heterocycles. The predicted octanol–water partition coefficient (Wildman–Crippen LogP) is 3.58. The first kappa shape index (κ1) is 24.2. The molecule has 1 fully saturated rings. The summed E-state index contributed by atoms with van der Waals surface area (Å²) < 4.78 is 1.78. The summed E-state index contributed by atoms with van der Waals surface area (Å²) in [6.45, 7) is 9.20. The lowest BCUT2D eigenvalue weighted by Gasteiger charge is -2.32. The standard InChI is InChI=1S/C24H31BrN4O3/c1-4-32-27-23(19-5-7-21(25)8-6-19)20-10-13-28(14-11-20)16-12-26-24(30)22-17(2)9-15-29(31)18(22)3/h5-9,15,20H,4,10-14,16H2,1-3H3,(H,26,30)/b27-23-. The van der Waals surface area contributed by atoms with Crippen molar-refractivity contribution in [1.29, 1.82) is 0 Å². The van der Waals surface area contributed by atoms with Crippen molar-refractivity contribution in [2.45, 2.75) is 33.6 Å². The second-order valence-corrected chi connectivity index (χ2v) is 8.97. The van der Waals surface area contributed by atoms with Gasteiger partial charge >= 0.3 is 0 Å². The van der Waals surface area contributed by atoms with Crippen LogP contribution >= 0.6 is 15.9 Å². The monoisotopic (exact) mass is 502 g/mol. The maximum absolute atomic E-state index is 12.6. The molecular formula is C24H31BrN4O3. The van der Waals surface area contributed by atoms with Crippen LogP contribution in [0.25, 0.3) is 0 Å². The Hall–Kier alpha value is -2.45. The maximum Gasteiger partial charge on any atom is 0.258 e. The van der Waals surface area contributed by atoms with Gasteiger partial charge in [0.25, 0.3) is 5.91 Å². The molecule has 0 spiro atoms. The van der Waals surface area contributed by atoms with Crippen LogP contribution in [0.15, 0.2) is 46.2 Å². The molecular weight excluding hydrogens is 472 g/mol. The lowest BCUT2D eigenvalue weighted by molar-refractivity contribution is -0.612. The molecule has 7 nitrogen and oxygen atoms in total. The number of nitrogens with one attached hydrogen (secondary N) is 1. The smallest absolute Gasteiger partial charge is 0.258 e. The van der Waals surface area contributed by atoms with Crippen molar-refractivity contribution in [3.05, 3.63) is 68.6 Å². The van der Waals surface area contributed by atoms with Gasteiger partial charge in [0.05, 0.1) is 5.71 Å². The van der Waals surface area contributed by atoms with E-state index in [1.807, 2.05) is 26.0 Å². The topological polar surface area (TPSA) is 80.9 Å². The van der Waals surface area contributed by atoms with Gasteiger partial charge in [0, 0.05) is 36.5 Å². The quantitative estimate of drug-likeness (QED) is 0.259. The number of aromatic nitrogens is 1. The molecule has 2 heterocycles. The molecule has 1 amide bonds. The summed E-state index contributed by atoms with van der Waals surface area (Å²) in [4.78, 5) is 20.4. The number of oxime groups is 1. The number of carbonyl (C=O) groups excluding carboxylic acids is 1. The van der Waals surface area contributed by atoms with Gasteiger partial charge in [-0.25, -0.2) is 0 Å². The summed E-state index contributed by atoms with van der Waals surface area (Å²) in [5.74, 6) is 0.150. The van der Waals surface area contributed by atoms with E-state index in [2.05, 4.69) is 43.4 Å². The Bertz CT molecular complexity index is 954. The van der Waals surface area contributed by atoms with Gasteiger partial charge in [0.1, 0.15) is 12.2 Å². The molecule has 1 aromatic carbocycles. The molecule has 0 atom stereocenters. The minimum atomic E-state index is -0.193. The van der Waals surface area contributed by atoms with Crippen molar-refractivity contribution in [3.8, 4) is 0 Å². The zero-order valence-corrected chi connectivity index (χ0v) is 20.5. The zero-order valence-electron chi connectivity index (χ0n) is 18.9. The van der Waals surface area contributed by atoms with Crippen LogP contribution < -0.4 is 10.0 Å². The van der Waals surface area contributed by atoms with E-state index in [0.29, 0.717) is 30.3 Å². The summed E-state index contributed by atoms with van der Waals surface area (Å²) >= 11 is 3.49. The average molecular weight is 503 g/mol. The fourth-order valence-corrected chi connectivity index (χ4v) is 4.34. The minimum Gasteiger partial charge on any atom is -0.618 e. The Morgan fingerprint density at radius 3 is 2.59 bits per heavy atom. The molecule has 1 aliphatic heterocycles. The van der Waals surface area contributed by atoms with E-state index in [1.54, 1.807) is 13.0 Å². The second-order valence-electron chi connectivity index (χ2n) is 8.06. The number of carbonyl (C=O) groups is 1. The first-order chi connectivity index (χ1) is 15.4. The summed E-state index contributed by atoms with van der Waals surface area (Å²) in [7, 11) is 0. The Balaban J connectivity index is 1.52. The molecule has 3 rings (SSSR count). The number of hydrogen-bond acceptors (Lipinski definition) is 5. The van der Waals surface area contributed by atoms with Crippen molar-refractivity contribution in [2.24, 2.45) is 11.1 Å². The Morgan fingerprint density at radius 1 is 1.25 bits per heavy atom. The largest absolute Gasteiger partial charge is 0.618 e. The number of benzene rings is 1. The van der Waals surface area contributed by atoms with Crippen molar-refractivity contribution in [2.75, 3.05) is 32.8 Å². The third-order valence-corrected chi connectivity index (χ3v) is 6.42. The van der Waals surface area contributed by atoms with Crippen molar-refractivity contribution in [1.82, 2.24) is 10.2 Å². The lowest BCUT2D eigenvalue weighted by Crippen LogP contribution is -2.42. The van der Waals surface area contributed by atoms with E-state index < -0.39 is 0 Å². The normalized spacial score (nSPS) is 15.6. The van der Waals surface area contributed by atoms with Gasteiger partial charge in [-0.2, -0.15) is 4.73 Å². The van der Waals surface area contributed by atoms with E-state index in [9.17, 15) is 10.0 Å². The first-order valence-corrected chi connectivity index (χ1v) is 11.9. The van der Waals surface area contributed by atoms with Crippen molar-refractivity contribution >= 4 is 27.5 Å². The van der Waals surface area contributed by atoms with Crippen LogP contribution in [-0.2, 0) is 4.84 Å². The number of likely N-dealkylation sites (tertiary alicyclic amines) is 1. The second kappa shape index (κ2) is 11.4. The Labute approximate surface area is 198 Å². The average Bonchev–Trinajstić information content (AvgIpc) is 2.79. The fourth-order valence-electron chi connectivity index (χ4n) is 4.08. The van der Waals surface area contributed by atoms with Gasteiger partial charge in [-0.15, -0.1) is 0 Å². The van der Waals surface area contributed by atoms with Crippen LogP contribution in [0.4, 0.5) is 0 Å². The third-order valence-electron chi connectivity index (χ3n) is 5.89. The number of pyridine rings is 1. The molecule has 1 N–H and O–H groups in total. The Morgan fingerprint density at radius 2 is 1.94 bits per heavy atom. The Kier molecular flexibility index (Phi) is 8.64. The van der Waals surface area contributed by atoms with Gasteiger partial charge in [-0.05, 0) is 63.0 Å². The zero-order chi connectivity index (χ0) is 23.1. The van der Waals surface area contributed by atoms with Gasteiger partial charge in [-0.1, -0.05) is 33.2 Å². The lowest BCUT2D eigenvalue weighted by atomic mass is 9.88. The number of halogens is 1. The molecule has 172 valence electrons. The highest BCUT2D eigenvalue weighted by molar-refractivity contribution is 9.10. The number of aryl methyl sites for hydroxylation is 1. The molecule has 0 aliphatic carbocycles. The number of piperidine rings is 1. The molecule has 8 heteroatoms. The molecule has 1 aliphatic rings. The van der Waals surface area contributed by atoms with E-state index in [-0.39, 0.29) is 5.91 Å². The van der Waals surface area contributed by atoms with Gasteiger partial charge in [-0.3, -0.25) is 4.79 Å². The number of amides is 1. The van der Waals surface area contributed by atoms with Crippen LogP contribution in [0.1, 0.15) is 46.9 Å². The number of rotatable bonds is 8. The van der Waals surface area contributed by atoms with Gasteiger partial charge in [0.15, 0.2) is 6.20 Å². The molecule has 1 aromatic heterocycles. The van der Waals surface area contributed by atoms with Crippen LogP contribution in [-0.4, -0.2) is 49.3 Å². The van der Waals surface area contributed by atoms with Gasteiger partial charge < -0.3 is 20.3 Å². The van der Waals surface area contributed by atoms with E-state index in [0.717, 1.165) is 58.5 Å². The van der Waals surface area contributed by atoms with Crippen LogP contribution in [0, 0.1) is 25.0 Å². The summed E-state index contributed by atoms with van der Waals surface area (Å²) in [5.41, 5.74) is 3.80. The summed E-state index contributed by atoms with van der Waals surface area (Å²) in [5, 5.41) is 19.2. The number of hydrogen-bond donors (Lipinski definition) is 1. The predicted molar refractivity (Wildman–Crippen MR) is 129 cm³/mol. The van der Waals surface area contributed by atoms with Crippen molar-refractivity contribution < 1.29 is 14.4 Å². The molecule has 2 aromatic rings. The van der Waals surface area contributed by atoms with Gasteiger partial charge in [0.2, 0.25) is 5.69 Å². The van der Waals surface area contributed by atoms with E-state index in [1.165, 1.54) is 6.20 Å². The molecule has 0 saturated carbocycles. The SMILES string of the molecule is CCO/N=C(/c1ccc(Br)cc1)C1CCN(CCNC(=O)c2c(C)cc[n+]([O-])c2C)CC1. The van der Waals surface area contributed by atoms with E-state index >= 15 is 0 Å².